The van der Waals surface area contributed by atoms with Gasteiger partial charge in [0.05, 0.1) is 16.7 Å². The fourth-order valence-electron chi connectivity index (χ4n) is 7.92. The van der Waals surface area contributed by atoms with Crippen LogP contribution in [0, 0.1) is 0 Å². The van der Waals surface area contributed by atoms with Gasteiger partial charge in [-0.15, -0.1) is 0 Å². The summed E-state index contributed by atoms with van der Waals surface area (Å²) in [5.74, 6) is 0. The van der Waals surface area contributed by atoms with Gasteiger partial charge >= 0.3 is 0 Å². The fourth-order valence-corrected chi connectivity index (χ4v) is 7.92. The van der Waals surface area contributed by atoms with E-state index in [2.05, 4.69) is 216 Å². The summed E-state index contributed by atoms with van der Waals surface area (Å²) in [6, 6.07) is 74.8. The van der Waals surface area contributed by atoms with Crippen LogP contribution in [-0.2, 0) is 0 Å². The molecule has 1 heterocycles. The van der Waals surface area contributed by atoms with Crippen molar-refractivity contribution in [1.29, 1.82) is 0 Å². The van der Waals surface area contributed by atoms with E-state index in [9.17, 15) is 0 Å². The third-order valence-corrected chi connectivity index (χ3v) is 10.3. The molecule has 1 aromatic heterocycles. The van der Waals surface area contributed by atoms with E-state index in [0.717, 1.165) is 22.7 Å². The van der Waals surface area contributed by atoms with Crippen molar-refractivity contribution in [1.82, 2.24) is 4.57 Å². The molecule has 0 aliphatic carbocycles. The summed E-state index contributed by atoms with van der Waals surface area (Å²) in [5.41, 5.74) is 11.6. The number of hydrogen-bond donors (Lipinski definition) is 0. The predicted octanol–water partition coefficient (Wildman–Crippen LogP) is 13.9. The minimum atomic E-state index is 1.09. The van der Waals surface area contributed by atoms with Crippen molar-refractivity contribution < 1.29 is 0 Å². The van der Waals surface area contributed by atoms with Crippen molar-refractivity contribution >= 4 is 60.4 Å². The van der Waals surface area contributed by atoms with Gasteiger partial charge in [0.2, 0.25) is 0 Å². The van der Waals surface area contributed by atoms with E-state index in [0.29, 0.717) is 0 Å². The molecule has 9 aromatic carbocycles. The molecule has 0 unspecified atom stereocenters. The molecule has 10 rings (SSSR count). The van der Waals surface area contributed by atoms with Crippen LogP contribution in [0.3, 0.4) is 0 Å². The minimum Gasteiger partial charge on any atom is -0.310 e. The maximum Gasteiger partial charge on any atom is 0.0542 e. The third-order valence-electron chi connectivity index (χ3n) is 10.3. The summed E-state index contributed by atoms with van der Waals surface area (Å²) in [7, 11) is 0. The first-order chi connectivity index (χ1) is 25.8. The van der Waals surface area contributed by atoms with Gasteiger partial charge < -0.3 is 9.47 Å². The third kappa shape index (κ3) is 5.04. The topological polar surface area (TPSA) is 8.17 Å². The number of nitrogens with zero attached hydrogens (tertiary/aromatic N) is 2. The molecule has 0 amide bonds. The highest BCUT2D eigenvalue weighted by molar-refractivity contribution is 6.10. The molecular weight excluding hydrogens is 629 g/mol. The Morgan fingerprint density at radius 1 is 0.308 bits per heavy atom. The van der Waals surface area contributed by atoms with E-state index in [-0.39, 0.29) is 0 Å². The Balaban J connectivity index is 1.24. The zero-order chi connectivity index (χ0) is 34.4. The van der Waals surface area contributed by atoms with Crippen LogP contribution in [0.5, 0.6) is 0 Å². The Hall–Kier alpha value is -6.90. The second-order valence-electron chi connectivity index (χ2n) is 13.4. The highest BCUT2D eigenvalue weighted by atomic mass is 15.1. The molecule has 244 valence electrons. The number of anilines is 3. The zero-order valence-corrected chi connectivity index (χ0v) is 28.5. The van der Waals surface area contributed by atoms with Crippen molar-refractivity contribution in [3.63, 3.8) is 0 Å². The standard InChI is InChI=1S/C50H34N2/c1-3-14-35(15-4-1)39-19-13-20-40(32-39)51(41-29-28-38-27-26-37-18-7-8-21-43(37)46(38)33-41)42-30-31-50(47(34-42)36-16-5-2-6-17-36)52-48-24-11-9-22-44(48)45-23-10-12-25-49(45)52/h1-34H. The van der Waals surface area contributed by atoms with Crippen LogP contribution >= 0.6 is 0 Å². The first-order valence-corrected chi connectivity index (χ1v) is 17.9. The van der Waals surface area contributed by atoms with Crippen LogP contribution in [0.2, 0.25) is 0 Å². The molecular formula is C50H34N2. The Bertz CT molecular complexity index is 2850. The van der Waals surface area contributed by atoms with Crippen molar-refractivity contribution in [3.8, 4) is 27.9 Å². The first-order valence-electron chi connectivity index (χ1n) is 17.9. The number of fused-ring (bicyclic) bond motifs is 6. The maximum absolute atomic E-state index is 2.43. The lowest BCUT2D eigenvalue weighted by Gasteiger charge is -2.28. The van der Waals surface area contributed by atoms with Gasteiger partial charge in [0.1, 0.15) is 0 Å². The van der Waals surface area contributed by atoms with Crippen LogP contribution in [-0.4, -0.2) is 4.57 Å². The van der Waals surface area contributed by atoms with Gasteiger partial charge in [0.25, 0.3) is 0 Å². The van der Waals surface area contributed by atoms with Gasteiger partial charge in [0.15, 0.2) is 0 Å². The summed E-state index contributed by atoms with van der Waals surface area (Å²) in [6.45, 7) is 0. The summed E-state index contributed by atoms with van der Waals surface area (Å²) in [4.78, 5) is 2.41. The SMILES string of the molecule is c1ccc(-c2cccc(N(c3ccc(-n4c5ccccc5c5ccccc54)c(-c4ccccc4)c3)c3ccc4ccc5ccccc5c4c3)c2)cc1. The monoisotopic (exact) mass is 662 g/mol. The normalized spacial score (nSPS) is 11.5. The van der Waals surface area contributed by atoms with Gasteiger partial charge in [0, 0.05) is 33.4 Å². The van der Waals surface area contributed by atoms with E-state index >= 15 is 0 Å². The van der Waals surface area contributed by atoms with Crippen molar-refractivity contribution in [2.45, 2.75) is 0 Å². The number of benzene rings is 9. The molecule has 52 heavy (non-hydrogen) atoms. The number of rotatable bonds is 6. The van der Waals surface area contributed by atoms with E-state index in [1.807, 2.05) is 0 Å². The zero-order valence-electron chi connectivity index (χ0n) is 28.5. The van der Waals surface area contributed by atoms with Gasteiger partial charge in [-0.3, -0.25) is 0 Å². The Morgan fingerprint density at radius 2 is 0.827 bits per heavy atom. The number of hydrogen-bond acceptors (Lipinski definition) is 1. The second-order valence-corrected chi connectivity index (χ2v) is 13.4. The predicted molar refractivity (Wildman–Crippen MR) is 221 cm³/mol. The molecule has 0 saturated heterocycles. The lowest BCUT2D eigenvalue weighted by molar-refractivity contribution is 1.18. The van der Waals surface area contributed by atoms with Gasteiger partial charge in [-0.25, -0.2) is 0 Å². The molecule has 0 saturated carbocycles. The Labute approximate surface area is 303 Å². The smallest absolute Gasteiger partial charge is 0.0542 e. The van der Waals surface area contributed by atoms with Crippen LogP contribution in [0.1, 0.15) is 0 Å². The summed E-state index contributed by atoms with van der Waals surface area (Å²) in [6.07, 6.45) is 0. The second kappa shape index (κ2) is 12.5. The van der Waals surface area contributed by atoms with Gasteiger partial charge in [-0.2, -0.15) is 0 Å². The lowest BCUT2D eigenvalue weighted by Crippen LogP contribution is -2.11. The molecule has 0 fully saturated rings. The Morgan fingerprint density at radius 3 is 1.56 bits per heavy atom. The summed E-state index contributed by atoms with van der Waals surface area (Å²) < 4.78 is 2.43. The molecule has 0 bridgehead atoms. The van der Waals surface area contributed by atoms with Crippen molar-refractivity contribution in [2.24, 2.45) is 0 Å². The van der Waals surface area contributed by atoms with Crippen LogP contribution < -0.4 is 4.90 Å². The summed E-state index contributed by atoms with van der Waals surface area (Å²) >= 11 is 0. The number of para-hydroxylation sites is 2. The summed E-state index contributed by atoms with van der Waals surface area (Å²) in [5, 5.41) is 7.48. The highest BCUT2D eigenvalue weighted by Gasteiger charge is 2.20. The molecule has 0 aliphatic rings. The molecule has 0 N–H and O–H groups in total. The minimum absolute atomic E-state index is 1.09. The lowest BCUT2D eigenvalue weighted by atomic mass is 9.99. The van der Waals surface area contributed by atoms with Crippen LogP contribution in [0.4, 0.5) is 17.1 Å². The van der Waals surface area contributed by atoms with E-state index < -0.39 is 0 Å². The molecule has 0 radical (unpaired) electrons. The van der Waals surface area contributed by atoms with E-state index in [4.69, 9.17) is 0 Å². The maximum atomic E-state index is 2.43. The van der Waals surface area contributed by atoms with Crippen molar-refractivity contribution in [2.75, 3.05) is 4.90 Å². The molecule has 10 aromatic rings. The number of aromatic nitrogens is 1. The van der Waals surface area contributed by atoms with Crippen molar-refractivity contribution in [3.05, 3.63) is 206 Å². The van der Waals surface area contributed by atoms with Gasteiger partial charge in [-0.05, 0) is 92.8 Å². The van der Waals surface area contributed by atoms with Gasteiger partial charge in [-0.1, -0.05) is 152 Å². The molecule has 0 aliphatic heterocycles. The molecule has 0 atom stereocenters. The van der Waals surface area contributed by atoms with Crippen LogP contribution in [0.15, 0.2) is 206 Å². The fraction of sp³-hybridized carbons (Fsp3) is 0. The largest absolute Gasteiger partial charge is 0.310 e. The average molecular weight is 663 g/mol. The first kappa shape index (κ1) is 30.0. The molecule has 2 nitrogen and oxygen atoms in total. The van der Waals surface area contributed by atoms with Crippen LogP contribution in [0.25, 0.3) is 71.3 Å². The highest BCUT2D eigenvalue weighted by Crippen LogP contribution is 2.43. The van der Waals surface area contributed by atoms with E-state index in [1.165, 1.54) is 65.6 Å². The Kier molecular flexibility index (Phi) is 7.18. The average Bonchev–Trinajstić information content (AvgIpc) is 3.56. The quantitative estimate of drug-likeness (QED) is 0.161. The van der Waals surface area contributed by atoms with E-state index in [1.54, 1.807) is 0 Å². The molecule has 2 heteroatoms. The molecule has 0 spiro atoms.